The first-order valence-electron chi connectivity index (χ1n) is 16.6. The molecule has 0 radical (unpaired) electrons. The van der Waals surface area contributed by atoms with Crippen LogP contribution in [-0.4, -0.2) is 31.2 Å². The van der Waals surface area contributed by atoms with Crippen LogP contribution in [0, 0.1) is 0 Å². The van der Waals surface area contributed by atoms with Gasteiger partial charge >= 0.3 is 196 Å². The van der Waals surface area contributed by atoms with Gasteiger partial charge in [0, 0.05) is 11.1 Å². The molecule has 10 rings (SSSR count). The van der Waals surface area contributed by atoms with Crippen molar-refractivity contribution in [3.8, 4) is 21.3 Å². The van der Waals surface area contributed by atoms with Crippen LogP contribution in [0.1, 0.15) is 22.9 Å². The van der Waals surface area contributed by atoms with Crippen LogP contribution in [0.3, 0.4) is 0 Å². The molecule has 1 aliphatic heterocycles. The molecule has 0 fully saturated rings. The summed E-state index contributed by atoms with van der Waals surface area (Å²) in [5.41, 5.74) is 9.33. The summed E-state index contributed by atoms with van der Waals surface area (Å²) < 4.78 is 9.00. The van der Waals surface area contributed by atoms with Crippen molar-refractivity contribution in [2.45, 2.75) is 6.17 Å². The molecule has 2 aromatic heterocycles. The molecular formula is C44H28N4OSe. The third-order valence-corrected chi connectivity index (χ3v) is 11.8. The average Bonchev–Trinajstić information content (AvgIpc) is 3.80. The second-order valence-electron chi connectivity index (χ2n) is 12.5. The Labute approximate surface area is 294 Å². The van der Waals surface area contributed by atoms with E-state index in [-0.39, 0.29) is 14.5 Å². The normalized spacial score (nSPS) is 13.5. The number of amidine groups is 2. The van der Waals surface area contributed by atoms with E-state index in [1.165, 1.54) is 30.7 Å². The maximum Gasteiger partial charge on any atom is 0.136 e. The first-order chi connectivity index (χ1) is 24.7. The van der Waals surface area contributed by atoms with Crippen LogP contribution in [-0.2, 0) is 0 Å². The molecule has 5 nitrogen and oxygen atoms in total. The van der Waals surface area contributed by atoms with Gasteiger partial charge in [0.25, 0.3) is 0 Å². The molecule has 1 aliphatic rings. The number of hydrogen-bond donors (Lipinski definition) is 1. The third kappa shape index (κ3) is 5.05. The maximum atomic E-state index is 6.46. The Morgan fingerprint density at radius 1 is 0.500 bits per heavy atom. The topological polar surface area (TPSA) is 62.8 Å². The summed E-state index contributed by atoms with van der Waals surface area (Å²) in [6.07, 6.45) is -0.415. The first-order valence-corrected chi connectivity index (χ1v) is 18.3. The van der Waals surface area contributed by atoms with E-state index >= 15 is 0 Å². The minimum absolute atomic E-state index is 0.142. The minimum Gasteiger partial charge on any atom is -0.324 e. The molecule has 0 saturated heterocycles. The van der Waals surface area contributed by atoms with Crippen LogP contribution in [0.4, 0.5) is 0 Å². The fraction of sp³-hybridized carbons (Fsp3) is 0.0227. The van der Waals surface area contributed by atoms with E-state index < -0.39 is 6.17 Å². The second kappa shape index (κ2) is 11.8. The number of nitrogens with zero attached hydrogens (tertiary/aromatic N) is 3. The van der Waals surface area contributed by atoms with Gasteiger partial charge in [-0.05, 0) is 0 Å². The predicted octanol–water partition coefficient (Wildman–Crippen LogP) is 10.2. The molecule has 0 amide bonds. The van der Waals surface area contributed by atoms with Gasteiger partial charge in [0.15, 0.2) is 0 Å². The van der Waals surface area contributed by atoms with Gasteiger partial charge in [0.05, 0.1) is 0 Å². The van der Waals surface area contributed by atoms with Gasteiger partial charge in [-0.3, -0.25) is 0 Å². The summed E-state index contributed by atoms with van der Waals surface area (Å²) in [5, 5.41) is 8.16. The van der Waals surface area contributed by atoms with Crippen molar-refractivity contribution < 1.29 is 4.42 Å². The van der Waals surface area contributed by atoms with Gasteiger partial charge in [-0.25, -0.2) is 9.98 Å². The molecule has 6 heteroatoms. The van der Waals surface area contributed by atoms with Gasteiger partial charge in [-0.15, -0.1) is 0 Å². The van der Waals surface area contributed by atoms with Crippen molar-refractivity contribution in [1.82, 2.24) is 10.3 Å². The van der Waals surface area contributed by atoms with E-state index in [1.807, 2.05) is 36.4 Å². The number of furan rings is 1. The predicted molar refractivity (Wildman–Crippen MR) is 206 cm³/mol. The number of aromatic nitrogens is 1. The summed E-state index contributed by atoms with van der Waals surface area (Å²) in [7, 11) is 0. The Bertz CT molecular complexity index is 2730. The molecule has 0 aliphatic carbocycles. The maximum absolute atomic E-state index is 6.46. The Hall–Kier alpha value is -6.07. The number of hydrogen-bond acceptors (Lipinski definition) is 5. The summed E-state index contributed by atoms with van der Waals surface area (Å²) >= 11 is 0.142. The summed E-state index contributed by atoms with van der Waals surface area (Å²) in [5.74, 6) is 1.59. The minimum atomic E-state index is -0.415. The van der Waals surface area contributed by atoms with Gasteiger partial charge in [0.1, 0.15) is 11.7 Å². The molecular weight excluding hydrogens is 679 g/mol. The van der Waals surface area contributed by atoms with Crippen LogP contribution in [0.15, 0.2) is 172 Å². The largest absolute Gasteiger partial charge is 0.324 e. The molecule has 0 saturated carbocycles. The van der Waals surface area contributed by atoms with E-state index in [0.717, 1.165) is 61.4 Å². The van der Waals surface area contributed by atoms with Crippen molar-refractivity contribution in [2.75, 3.05) is 0 Å². The Balaban J connectivity index is 1.04. The van der Waals surface area contributed by atoms with Gasteiger partial charge in [-0.1, -0.05) is 60.7 Å². The average molecular weight is 708 g/mol. The zero-order valence-electron chi connectivity index (χ0n) is 26.7. The molecule has 0 bridgehead atoms. The smallest absolute Gasteiger partial charge is 0.136 e. The van der Waals surface area contributed by atoms with Crippen LogP contribution < -0.4 is 5.32 Å². The Morgan fingerprint density at radius 2 is 1.12 bits per heavy atom. The van der Waals surface area contributed by atoms with E-state index in [2.05, 4.69) is 127 Å². The van der Waals surface area contributed by atoms with Crippen molar-refractivity contribution in [2.24, 2.45) is 9.98 Å². The van der Waals surface area contributed by atoms with Crippen molar-refractivity contribution in [3.63, 3.8) is 0 Å². The van der Waals surface area contributed by atoms with Crippen LogP contribution >= 0.6 is 0 Å². The zero-order chi connectivity index (χ0) is 33.0. The van der Waals surface area contributed by atoms with Crippen LogP contribution in [0.2, 0.25) is 0 Å². The van der Waals surface area contributed by atoms with Gasteiger partial charge in [0.2, 0.25) is 0 Å². The number of nitrogens with one attached hydrogen (secondary N) is 1. The zero-order valence-corrected chi connectivity index (χ0v) is 28.5. The van der Waals surface area contributed by atoms with E-state index in [4.69, 9.17) is 19.4 Å². The summed E-state index contributed by atoms with van der Waals surface area (Å²) in [4.78, 5) is 15.1. The van der Waals surface area contributed by atoms with E-state index in [0.29, 0.717) is 0 Å². The molecule has 7 aromatic carbocycles. The number of benzene rings is 7. The number of aliphatic imine (C=N–C) groups is 2. The molecule has 0 spiro atoms. The van der Waals surface area contributed by atoms with Crippen molar-refractivity contribution in [3.05, 3.63) is 174 Å². The SMILES string of the molecule is c1ccc(C2=NC(c3ccc4c(c3)oc3ccc(-c5ccc6ccc7nc(-c8ccccc8)[se]c7c6c5)cc34)N=C(c3ccccc3)N2)cc1. The molecule has 236 valence electrons. The molecule has 50 heavy (non-hydrogen) atoms. The fourth-order valence-corrected chi connectivity index (χ4v) is 9.11. The van der Waals surface area contributed by atoms with Gasteiger partial charge < -0.3 is 5.32 Å². The molecule has 1 N–H and O–H groups in total. The molecule has 0 atom stereocenters. The third-order valence-electron chi connectivity index (χ3n) is 9.35. The van der Waals surface area contributed by atoms with Crippen LogP contribution in [0.5, 0.6) is 0 Å². The molecule has 9 aromatic rings. The second-order valence-corrected chi connectivity index (χ2v) is 14.6. The number of rotatable bonds is 5. The monoisotopic (exact) mass is 708 g/mol. The Morgan fingerprint density at radius 3 is 1.82 bits per heavy atom. The first kappa shape index (κ1) is 28.9. The Kier molecular flexibility index (Phi) is 6.83. The van der Waals surface area contributed by atoms with Crippen LogP contribution in [0.25, 0.3) is 63.7 Å². The van der Waals surface area contributed by atoms with Crippen molar-refractivity contribution in [1.29, 1.82) is 0 Å². The van der Waals surface area contributed by atoms with E-state index in [1.54, 1.807) is 0 Å². The molecule has 3 heterocycles. The quantitative estimate of drug-likeness (QED) is 0.181. The van der Waals surface area contributed by atoms with E-state index in [9.17, 15) is 0 Å². The van der Waals surface area contributed by atoms with Crippen molar-refractivity contribution >= 4 is 68.7 Å². The number of fused-ring (bicyclic) bond motifs is 6. The standard InChI is InChI=1S/C44H28N4OSe/c1-4-10-28(11-5-1)41-46-42(29-12-6-2-7-13-29)48-43(47-41)33-18-21-34-36-25-32(20-23-38(36)49-39(34)26-33)31-17-16-27-19-22-37-40(35(27)24-31)50-44(45-37)30-14-8-3-9-15-30/h1-26,43H,(H,46,47,48). The molecule has 0 unspecified atom stereocenters. The summed E-state index contributed by atoms with van der Waals surface area (Å²) in [6, 6.07) is 55.0. The van der Waals surface area contributed by atoms with Gasteiger partial charge in [-0.2, -0.15) is 0 Å². The fourth-order valence-electron chi connectivity index (χ4n) is 6.81. The summed E-state index contributed by atoms with van der Waals surface area (Å²) in [6.45, 7) is 0.